The van der Waals surface area contributed by atoms with Gasteiger partial charge in [0.2, 0.25) is 0 Å². The molecule has 1 aliphatic rings. The van der Waals surface area contributed by atoms with Crippen LogP contribution in [0.2, 0.25) is 0 Å². The molecule has 2 N–H and O–H groups in total. The zero-order valence-electron chi connectivity index (χ0n) is 14.1. The van der Waals surface area contributed by atoms with Crippen LogP contribution in [-0.2, 0) is 0 Å². The van der Waals surface area contributed by atoms with Crippen molar-refractivity contribution in [2.24, 2.45) is 0 Å². The highest BCUT2D eigenvalue weighted by Gasteiger charge is 2.22. The number of amides is 1. The molecule has 0 saturated heterocycles. The van der Waals surface area contributed by atoms with Crippen LogP contribution < -0.4 is 10.6 Å². The van der Waals surface area contributed by atoms with Crippen LogP contribution >= 0.6 is 12.4 Å². The molecule has 0 unspecified atom stereocenters. The molecule has 4 nitrogen and oxygen atoms in total. The molecule has 0 bridgehead atoms. The Morgan fingerprint density at radius 2 is 1.91 bits per heavy atom. The fourth-order valence-electron chi connectivity index (χ4n) is 3.47. The molecule has 1 aromatic rings. The molecule has 1 aliphatic carbocycles. The number of hydrogen-bond acceptors (Lipinski definition) is 2. The second-order valence-electron chi connectivity index (χ2n) is 6.16. The van der Waals surface area contributed by atoms with Gasteiger partial charge >= 0.3 is 0 Å². The maximum atomic E-state index is 12.3. The molecule has 1 amide bonds. The monoisotopic (exact) mass is 327 g/mol. The van der Waals surface area contributed by atoms with E-state index >= 15 is 0 Å². The van der Waals surface area contributed by atoms with Gasteiger partial charge < -0.3 is 15.2 Å². The fourth-order valence-corrected chi connectivity index (χ4v) is 3.47. The molecule has 0 spiro atoms. The molecular weight excluding hydrogens is 298 g/mol. The number of halogens is 1. The summed E-state index contributed by atoms with van der Waals surface area (Å²) in [6.07, 6.45) is 7.44. The van der Waals surface area contributed by atoms with E-state index in [-0.39, 0.29) is 18.3 Å². The summed E-state index contributed by atoms with van der Waals surface area (Å²) in [6.45, 7) is 5.87. The molecular formula is C17H30ClN3O. The molecule has 2 rings (SSSR count). The molecule has 0 atom stereocenters. The van der Waals surface area contributed by atoms with Crippen molar-refractivity contribution in [2.75, 3.05) is 20.1 Å². The van der Waals surface area contributed by atoms with Crippen LogP contribution in [0, 0.1) is 13.8 Å². The smallest absolute Gasteiger partial charge is 0.253 e. The number of carbonyl (C=O) groups is 1. The van der Waals surface area contributed by atoms with Crippen molar-refractivity contribution in [2.45, 2.75) is 58.4 Å². The predicted molar refractivity (Wildman–Crippen MR) is 94.2 cm³/mol. The number of aryl methyl sites for hydroxylation is 1. The van der Waals surface area contributed by atoms with Crippen LogP contribution in [0.25, 0.3) is 0 Å². The zero-order valence-corrected chi connectivity index (χ0v) is 14.9. The molecule has 1 saturated carbocycles. The van der Waals surface area contributed by atoms with Gasteiger partial charge in [-0.25, -0.2) is 0 Å². The van der Waals surface area contributed by atoms with E-state index in [4.69, 9.17) is 0 Å². The molecule has 126 valence electrons. The lowest BCUT2D eigenvalue weighted by Crippen LogP contribution is -2.27. The van der Waals surface area contributed by atoms with E-state index in [2.05, 4.69) is 35.1 Å². The lowest BCUT2D eigenvalue weighted by atomic mass is 9.95. The third-order valence-electron chi connectivity index (χ3n) is 4.56. The van der Waals surface area contributed by atoms with Crippen LogP contribution in [0.5, 0.6) is 0 Å². The second kappa shape index (κ2) is 9.21. The van der Waals surface area contributed by atoms with E-state index in [1.807, 2.05) is 7.05 Å². The van der Waals surface area contributed by atoms with Crippen molar-refractivity contribution < 1.29 is 4.79 Å². The van der Waals surface area contributed by atoms with Crippen LogP contribution in [0.4, 0.5) is 0 Å². The van der Waals surface area contributed by atoms with Crippen LogP contribution in [0.15, 0.2) is 6.07 Å². The molecule has 22 heavy (non-hydrogen) atoms. The van der Waals surface area contributed by atoms with Gasteiger partial charge in [-0.3, -0.25) is 4.79 Å². The van der Waals surface area contributed by atoms with Gasteiger partial charge in [0.05, 0.1) is 5.56 Å². The molecule has 1 fully saturated rings. The van der Waals surface area contributed by atoms with Crippen LogP contribution in [-0.4, -0.2) is 30.6 Å². The van der Waals surface area contributed by atoms with E-state index in [9.17, 15) is 4.79 Å². The zero-order chi connectivity index (χ0) is 15.2. The molecule has 0 aliphatic heterocycles. The third kappa shape index (κ3) is 4.50. The number of nitrogens with zero attached hydrogens (tertiary/aromatic N) is 1. The summed E-state index contributed by atoms with van der Waals surface area (Å²) in [5.74, 6) is 0.0706. The summed E-state index contributed by atoms with van der Waals surface area (Å²) < 4.78 is 2.39. The van der Waals surface area contributed by atoms with Crippen LogP contribution in [0.1, 0.15) is 66.3 Å². The largest absolute Gasteiger partial charge is 0.352 e. The van der Waals surface area contributed by atoms with Crippen LogP contribution in [0.3, 0.4) is 0 Å². The summed E-state index contributed by atoms with van der Waals surface area (Å²) in [6, 6.07) is 2.64. The summed E-state index contributed by atoms with van der Waals surface area (Å²) >= 11 is 0. The van der Waals surface area contributed by atoms with E-state index in [0.29, 0.717) is 6.04 Å². The minimum Gasteiger partial charge on any atom is -0.352 e. The number of aromatic nitrogens is 1. The Hall–Kier alpha value is -1.00. The standard InChI is InChI=1S/C17H29N3O.ClH/c1-13-12-16(17(21)19-11-7-10-18-3)14(2)20(13)15-8-5-4-6-9-15;/h12,15,18H,4-11H2,1-3H3,(H,19,21);1H. The third-order valence-corrected chi connectivity index (χ3v) is 4.56. The first-order valence-corrected chi connectivity index (χ1v) is 8.26. The van der Waals surface area contributed by atoms with Crippen molar-refractivity contribution in [1.82, 2.24) is 15.2 Å². The SMILES string of the molecule is CNCCCNC(=O)c1cc(C)n(C2CCCCC2)c1C.Cl. The average molecular weight is 328 g/mol. The minimum atomic E-state index is 0. The predicted octanol–water partition coefficient (Wildman–Crippen LogP) is 3.37. The second-order valence-corrected chi connectivity index (χ2v) is 6.16. The quantitative estimate of drug-likeness (QED) is 0.787. The number of nitrogens with one attached hydrogen (secondary N) is 2. The topological polar surface area (TPSA) is 46.1 Å². The summed E-state index contributed by atoms with van der Waals surface area (Å²) in [7, 11) is 1.93. The minimum absolute atomic E-state index is 0. The molecule has 1 heterocycles. The Balaban J connectivity index is 0.00000242. The summed E-state index contributed by atoms with van der Waals surface area (Å²) in [5, 5.41) is 6.12. The Morgan fingerprint density at radius 3 is 2.55 bits per heavy atom. The maximum Gasteiger partial charge on any atom is 0.253 e. The van der Waals surface area contributed by atoms with E-state index in [0.717, 1.165) is 30.8 Å². The van der Waals surface area contributed by atoms with Gasteiger partial charge in [0.1, 0.15) is 0 Å². The Morgan fingerprint density at radius 1 is 1.23 bits per heavy atom. The van der Waals surface area contributed by atoms with Crippen molar-refractivity contribution in [3.8, 4) is 0 Å². The highest BCUT2D eigenvalue weighted by molar-refractivity contribution is 5.95. The highest BCUT2D eigenvalue weighted by Crippen LogP contribution is 2.32. The van der Waals surface area contributed by atoms with Gasteiger partial charge in [0.15, 0.2) is 0 Å². The first-order valence-electron chi connectivity index (χ1n) is 8.26. The van der Waals surface area contributed by atoms with Gasteiger partial charge in [-0.15, -0.1) is 12.4 Å². The Labute approximate surface area is 140 Å². The van der Waals surface area contributed by atoms with E-state index in [1.165, 1.54) is 37.8 Å². The van der Waals surface area contributed by atoms with Gasteiger partial charge in [0.25, 0.3) is 5.91 Å². The van der Waals surface area contributed by atoms with Crippen molar-refractivity contribution in [3.63, 3.8) is 0 Å². The normalized spacial score (nSPS) is 15.4. The van der Waals surface area contributed by atoms with Crippen molar-refractivity contribution >= 4 is 18.3 Å². The lowest BCUT2D eigenvalue weighted by Gasteiger charge is -2.26. The Bertz CT molecular complexity index is 478. The fraction of sp³-hybridized carbons (Fsp3) is 0.706. The molecule has 5 heteroatoms. The number of carbonyl (C=O) groups excluding carboxylic acids is 1. The Kier molecular flexibility index (Phi) is 7.97. The van der Waals surface area contributed by atoms with E-state index < -0.39 is 0 Å². The number of hydrogen-bond donors (Lipinski definition) is 2. The summed E-state index contributed by atoms with van der Waals surface area (Å²) in [4.78, 5) is 12.3. The van der Waals surface area contributed by atoms with Gasteiger partial charge in [-0.1, -0.05) is 19.3 Å². The average Bonchev–Trinajstić information content (AvgIpc) is 2.79. The van der Waals surface area contributed by atoms with Crippen molar-refractivity contribution in [1.29, 1.82) is 0 Å². The summed E-state index contributed by atoms with van der Waals surface area (Å²) in [5.41, 5.74) is 3.20. The van der Waals surface area contributed by atoms with E-state index in [1.54, 1.807) is 0 Å². The van der Waals surface area contributed by atoms with Crippen molar-refractivity contribution in [3.05, 3.63) is 23.0 Å². The van der Waals surface area contributed by atoms with Gasteiger partial charge in [0, 0.05) is 24.0 Å². The maximum absolute atomic E-state index is 12.3. The van der Waals surface area contributed by atoms with Gasteiger partial charge in [-0.2, -0.15) is 0 Å². The molecule has 1 aromatic heterocycles. The lowest BCUT2D eigenvalue weighted by molar-refractivity contribution is 0.0952. The number of rotatable bonds is 6. The first kappa shape index (κ1) is 19.0. The molecule has 0 aromatic carbocycles. The molecule has 0 radical (unpaired) electrons. The van der Waals surface area contributed by atoms with Gasteiger partial charge in [-0.05, 0) is 52.8 Å². The highest BCUT2D eigenvalue weighted by atomic mass is 35.5. The first-order chi connectivity index (χ1) is 10.1.